The van der Waals surface area contributed by atoms with Gasteiger partial charge in [0.1, 0.15) is 0 Å². The fraction of sp³-hybridized carbons (Fsp3) is 0.304. The zero-order valence-corrected chi connectivity index (χ0v) is 20.5. The van der Waals surface area contributed by atoms with Gasteiger partial charge < -0.3 is 5.32 Å². The average molecular weight is 520 g/mol. The number of halogens is 2. The van der Waals surface area contributed by atoms with Crippen LogP contribution in [-0.2, 0) is 14.4 Å². The normalized spacial score (nSPS) is 20.4. The van der Waals surface area contributed by atoms with E-state index in [1.54, 1.807) is 24.3 Å². The van der Waals surface area contributed by atoms with Crippen molar-refractivity contribution < 1.29 is 14.4 Å². The van der Waals surface area contributed by atoms with Crippen LogP contribution in [-0.4, -0.2) is 28.5 Å². The van der Waals surface area contributed by atoms with E-state index in [4.69, 9.17) is 23.2 Å². The van der Waals surface area contributed by atoms with E-state index in [0.29, 0.717) is 21.4 Å². The summed E-state index contributed by atoms with van der Waals surface area (Å²) in [6, 6.07) is 10.5. The van der Waals surface area contributed by atoms with Gasteiger partial charge in [0.15, 0.2) is 4.34 Å². The molecule has 3 aromatic rings. The summed E-state index contributed by atoms with van der Waals surface area (Å²) < 4.78 is 1.58. The highest BCUT2D eigenvalue weighted by molar-refractivity contribution is 8.01. The number of imide groups is 1. The molecule has 2 atom stereocenters. The Bertz CT molecular complexity index is 1230. The molecule has 6 nitrogen and oxygen atoms in total. The van der Waals surface area contributed by atoms with Crippen molar-refractivity contribution in [3.8, 4) is 0 Å². The minimum Gasteiger partial charge on any atom is -0.323 e. The van der Waals surface area contributed by atoms with Crippen LogP contribution in [0.1, 0.15) is 25.7 Å². The van der Waals surface area contributed by atoms with E-state index < -0.39 is 0 Å². The van der Waals surface area contributed by atoms with Crippen LogP contribution in [0.4, 0.5) is 11.4 Å². The Hall–Kier alpha value is -2.13. The lowest BCUT2D eigenvalue weighted by molar-refractivity contribution is -0.122. The highest BCUT2D eigenvalue weighted by Gasteiger charge is 2.48. The molecule has 0 bridgehead atoms. The highest BCUT2D eigenvalue weighted by Crippen LogP contribution is 2.41. The van der Waals surface area contributed by atoms with Crippen LogP contribution < -0.4 is 10.2 Å². The van der Waals surface area contributed by atoms with Crippen LogP contribution in [0, 0.1) is 11.8 Å². The van der Waals surface area contributed by atoms with Crippen molar-refractivity contribution in [3.63, 3.8) is 0 Å². The molecule has 1 saturated carbocycles. The zero-order valence-electron chi connectivity index (χ0n) is 17.3. The van der Waals surface area contributed by atoms with Crippen LogP contribution in [0.5, 0.6) is 0 Å². The number of hydrogen-bond acceptors (Lipinski definition) is 6. The number of aromatic nitrogens is 1. The topological polar surface area (TPSA) is 79.4 Å². The first-order valence-corrected chi connectivity index (χ1v) is 13.1. The van der Waals surface area contributed by atoms with Crippen molar-refractivity contribution in [2.24, 2.45) is 11.8 Å². The molecule has 170 valence electrons. The molecule has 3 amide bonds. The SMILES string of the molecule is O=C(CSc1nc2ccc(N3C(=O)[C@@H]4CCCC[C@H]4C3=O)cc2s1)Nc1c(Cl)cccc1Cl. The molecule has 2 heterocycles. The Balaban J connectivity index is 1.29. The van der Waals surface area contributed by atoms with Crippen molar-refractivity contribution in [2.45, 2.75) is 30.0 Å². The minimum absolute atomic E-state index is 0.0851. The molecule has 2 fully saturated rings. The predicted octanol–water partition coefficient (Wildman–Crippen LogP) is 6.01. The van der Waals surface area contributed by atoms with E-state index in [0.717, 1.165) is 40.2 Å². The van der Waals surface area contributed by atoms with E-state index in [1.165, 1.54) is 28.0 Å². The van der Waals surface area contributed by atoms with Gasteiger partial charge in [0, 0.05) is 0 Å². The summed E-state index contributed by atoms with van der Waals surface area (Å²) in [4.78, 5) is 44.1. The number of para-hydroxylation sites is 1. The molecular formula is C23H19Cl2N3O3S2. The number of thioether (sulfide) groups is 1. The standard InChI is InChI=1S/C23H19Cl2N3O3S2/c24-15-6-3-7-16(25)20(15)27-19(29)11-32-23-26-17-9-8-12(10-18(17)33-23)28-21(30)13-4-1-2-5-14(13)22(28)31/h3,6-10,13-14H,1-2,4-5,11H2,(H,27,29)/t13-,14-/m1/s1. The Kier molecular flexibility index (Phi) is 6.35. The van der Waals surface area contributed by atoms with Crippen LogP contribution in [0.3, 0.4) is 0 Å². The summed E-state index contributed by atoms with van der Waals surface area (Å²) >= 11 is 14.9. The first-order chi connectivity index (χ1) is 15.9. The average Bonchev–Trinajstić information content (AvgIpc) is 3.33. The lowest BCUT2D eigenvalue weighted by Crippen LogP contribution is -2.30. The molecule has 2 aliphatic rings. The summed E-state index contributed by atoms with van der Waals surface area (Å²) in [5.41, 5.74) is 1.75. The van der Waals surface area contributed by atoms with E-state index in [1.807, 2.05) is 12.1 Å². The van der Waals surface area contributed by atoms with Gasteiger partial charge in [-0.05, 0) is 43.2 Å². The second-order valence-electron chi connectivity index (χ2n) is 8.07. The van der Waals surface area contributed by atoms with Gasteiger partial charge in [-0.3, -0.25) is 19.3 Å². The number of hydrogen-bond donors (Lipinski definition) is 1. The quantitative estimate of drug-likeness (QED) is 0.329. The molecular weight excluding hydrogens is 501 g/mol. The molecule has 33 heavy (non-hydrogen) atoms. The Morgan fingerprint density at radius 1 is 1.09 bits per heavy atom. The van der Waals surface area contributed by atoms with Crippen LogP contribution in [0.15, 0.2) is 40.7 Å². The monoisotopic (exact) mass is 519 g/mol. The number of carbonyl (C=O) groups excluding carboxylic acids is 3. The summed E-state index contributed by atoms with van der Waals surface area (Å²) in [5, 5.41) is 3.48. The maximum Gasteiger partial charge on any atom is 0.237 e. The first-order valence-electron chi connectivity index (χ1n) is 10.6. The van der Waals surface area contributed by atoms with Crippen LogP contribution in [0.2, 0.25) is 10.0 Å². The maximum absolute atomic E-state index is 12.9. The van der Waals surface area contributed by atoms with Gasteiger partial charge in [-0.15, -0.1) is 11.3 Å². The number of anilines is 2. The van der Waals surface area contributed by atoms with Crippen molar-refractivity contribution >= 4 is 85.6 Å². The molecule has 1 saturated heterocycles. The molecule has 1 aliphatic carbocycles. The summed E-state index contributed by atoms with van der Waals surface area (Å²) in [5.74, 6) is -0.637. The molecule has 0 radical (unpaired) electrons. The lowest BCUT2D eigenvalue weighted by atomic mass is 9.81. The van der Waals surface area contributed by atoms with Crippen LogP contribution >= 0.6 is 46.3 Å². The van der Waals surface area contributed by atoms with E-state index in [9.17, 15) is 14.4 Å². The highest BCUT2D eigenvalue weighted by atomic mass is 35.5. The number of amides is 3. The number of benzene rings is 2. The van der Waals surface area contributed by atoms with Crippen molar-refractivity contribution in [1.82, 2.24) is 4.98 Å². The number of nitrogens with zero attached hydrogens (tertiary/aromatic N) is 2. The van der Waals surface area contributed by atoms with Crippen molar-refractivity contribution in [2.75, 3.05) is 16.0 Å². The van der Waals surface area contributed by atoms with E-state index in [-0.39, 0.29) is 35.3 Å². The fourth-order valence-electron chi connectivity index (χ4n) is 4.43. The van der Waals surface area contributed by atoms with Gasteiger partial charge in [-0.1, -0.05) is 53.9 Å². The lowest BCUT2D eigenvalue weighted by Gasteiger charge is -2.19. The summed E-state index contributed by atoms with van der Waals surface area (Å²) in [7, 11) is 0. The van der Waals surface area contributed by atoms with Gasteiger partial charge in [0.05, 0.1) is 49.2 Å². The minimum atomic E-state index is -0.245. The Labute approximate surface area is 208 Å². The van der Waals surface area contributed by atoms with E-state index >= 15 is 0 Å². The number of fused-ring (bicyclic) bond motifs is 2. The third-order valence-corrected chi connectivity index (χ3v) is 8.80. The van der Waals surface area contributed by atoms with Gasteiger partial charge in [0.25, 0.3) is 0 Å². The first kappa shape index (κ1) is 22.7. The van der Waals surface area contributed by atoms with Crippen molar-refractivity contribution in [3.05, 3.63) is 46.4 Å². The number of thiazole rings is 1. The number of rotatable bonds is 5. The fourth-order valence-corrected chi connectivity index (χ4v) is 6.82. The molecule has 10 heteroatoms. The molecule has 2 aromatic carbocycles. The third kappa shape index (κ3) is 4.37. The number of nitrogens with one attached hydrogen (secondary N) is 1. The second kappa shape index (κ2) is 9.25. The molecule has 5 rings (SSSR count). The van der Waals surface area contributed by atoms with E-state index in [2.05, 4.69) is 10.3 Å². The maximum atomic E-state index is 12.9. The van der Waals surface area contributed by atoms with Gasteiger partial charge >= 0.3 is 0 Å². The predicted molar refractivity (Wildman–Crippen MR) is 133 cm³/mol. The van der Waals surface area contributed by atoms with Gasteiger partial charge in [-0.2, -0.15) is 0 Å². The largest absolute Gasteiger partial charge is 0.323 e. The summed E-state index contributed by atoms with van der Waals surface area (Å²) in [6.07, 6.45) is 3.57. The smallest absolute Gasteiger partial charge is 0.237 e. The second-order valence-corrected chi connectivity index (χ2v) is 11.1. The zero-order chi connectivity index (χ0) is 23.1. The molecule has 1 aromatic heterocycles. The molecule has 1 N–H and O–H groups in total. The van der Waals surface area contributed by atoms with Gasteiger partial charge in [0.2, 0.25) is 17.7 Å². The van der Waals surface area contributed by atoms with Gasteiger partial charge in [-0.25, -0.2) is 4.98 Å². The number of carbonyl (C=O) groups is 3. The Morgan fingerprint density at radius 3 is 2.42 bits per heavy atom. The molecule has 0 spiro atoms. The van der Waals surface area contributed by atoms with Crippen LogP contribution in [0.25, 0.3) is 10.2 Å². The summed E-state index contributed by atoms with van der Waals surface area (Å²) in [6.45, 7) is 0. The Morgan fingerprint density at radius 2 is 1.76 bits per heavy atom. The van der Waals surface area contributed by atoms with Crippen molar-refractivity contribution in [1.29, 1.82) is 0 Å². The molecule has 0 unspecified atom stereocenters. The third-order valence-electron chi connectivity index (χ3n) is 6.01. The molecule has 1 aliphatic heterocycles.